The third kappa shape index (κ3) is 4.73. The van der Waals surface area contributed by atoms with Gasteiger partial charge in [-0.2, -0.15) is 15.0 Å². The normalized spacial score (nSPS) is 11.9. The Morgan fingerprint density at radius 1 is 1.04 bits per heavy atom. The van der Waals surface area contributed by atoms with Crippen molar-refractivity contribution in [1.29, 1.82) is 0 Å². The van der Waals surface area contributed by atoms with Crippen molar-refractivity contribution in [3.63, 3.8) is 0 Å². The van der Waals surface area contributed by atoms with E-state index in [9.17, 15) is 9.18 Å². The molecule has 0 bridgehead atoms. The minimum Gasteiger partial charge on any atom is -0.347 e. The Bertz CT molecular complexity index is 805. The van der Waals surface area contributed by atoms with Crippen LogP contribution in [0.25, 0.3) is 0 Å². The van der Waals surface area contributed by atoms with Crippen LogP contribution in [0.3, 0.4) is 0 Å². The standard InChI is InChI=1S/C19H19FN4O/c20-17-9-5-4-6-15(17)10-11-19(25)23-18(14-24-21-12-13-22-24)16-7-2-1-3-8-16/h1-9,12-13,18H,10-11,14H2,(H,23,25)/t18-/m0/s1. The summed E-state index contributed by atoms with van der Waals surface area (Å²) >= 11 is 0. The summed E-state index contributed by atoms with van der Waals surface area (Å²) in [6.45, 7) is 0.433. The Morgan fingerprint density at radius 2 is 1.72 bits per heavy atom. The fraction of sp³-hybridized carbons (Fsp3) is 0.211. The number of carbonyl (C=O) groups excluding carboxylic acids is 1. The molecule has 0 spiro atoms. The third-order valence-corrected chi connectivity index (χ3v) is 3.93. The number of nitrogens with one attached hydrogen (secondary N) is 1. The molecular weight excluding hydrogens is 319 g/mol. The van der Waals surface area contributed by atoms with E-state index >= 15 is 0 Å². The van der Waals surface area contributed by atoms with E-state index in [2.05, 4.69) is 15.5 Å². The van der Waals surface area contributed by atoms with Gasteiger partial charge in [-0.25, -0.2) is 4.39 Å². The first-order valence-electron chi connectivity index (χ1n) is 8.14. The van der Waals surface area contributed by atoms with Gasteiger partial charge in [0.05, 0.1) is 25.0 Å². The summed E-state index contributed by atoms with van der Waals surface area (Å²) in [5, 5.41) is 11.2. The number of benzene rings is 2. The number of aryl methyl sites for hydroxylation is 1. The first kappa shape index (κ1) is 16.8. The topological polar surface area (TPSA) is 59.8 Å². The lowest BCUT2D eigenvalue weighted by Gasteiger charge is -2.19. The molecule has 6 heteroatoms. The molecule has 0 aliphatic carbocycles. The third-order valence-electron chi connectivity index (χ3n) is 3.93. The first-order valence-corrected chi connectivity index (χ1v) is 8.14. The van der Waals surface area contributed by atoms with E-state index in [0.717, 1.165) is 5.56 Å². The van der Waals surface area contributed by atoms with E-state index < -0.39 is 0 Å². The van der Waals surface area contributed by atoms with E-state index in [0.29, 0.717) is 18.5 Å². The minimum absolute atomic E-state index is 0.135. The zero-order chi connectivity index (χ0) is 17.5. The lowest BCUT2D eigenvalue weighted by atomic mass is 10.1. The Morgan fingerprint density at radius 3 is 2.44 bits per heavy atom. The predicted octanol–water partition coefficient (Wildman–Crippen LogP) is 2.91. The molecule has 0 aliphatic heterocycles. The quantitative estimate of drug-likeness (QED) is 0.720. The second kappa shape index (κ2) is 8.19. The van der Waals surface area contributed by atoms with Crippen LogP contribution in [-0.2, 0) is 17.8 Å². The predicted molar refractivity (Wildman–Crippen MR) is 92.1 cm³/mol. The van der Waals surface area contributed by atoms with Crippen molar-refractivity contribution in [3.05, 3.63) is 83.9 Å². The highest BCUT2D eigenvalue weighted by Gasteiger charge is 2.16. The van der Waals surface area contributed by atoms with Gasteiger partial charge >= 0.3 is 0 Å². The van der Waals surface area contributed by atoms with Crippen molar-refractivity contribution in [3.8, 4) is 0 Å². The van der Waals surface area contributed by atoms with Crippen molar-refractivity contribution in [2.75, 3.05) is 0 Å². The summed E-state index contributed by atoms with van der Waals surface area (Å²) in [6.07, 6.45) is 3.78. The molecule has 0 radical (unpaired) electrons. The maximum absolute atomic E-state index is 13.7. The molecule has 1 heterocycles. The van der Waals surface area contributed by atoms with Crippen molar-refractivity contribution >= 4 is 5.91 Å². The number of carbonyl (C=O) groups is 1. The maximum Gasteiger partial charge on any atom is 0.220 e. The maximum atomic E-state index is 13.7. The molecule has 1 amide bonds. The van der Waals surface area contributed by atoms with Gasteiger partial charge in [0.15, 0.2) is 0 Å². The van der Waals surface area contributed by atoms with Crippen LogP contribution in [-0.4, -0.2) is 20.9 Å². The number of hydrogen-bond acceptors (Lipinski definition) is 3. The monoisotopic (exact) mass is 338 g/mol. The fourth-order valence-electron chi connectivity index (χ4n) is 2.64. The van der Waals surface area contributed by atoms with Crippen molar-refractivity contribution in [1.82, 2.24) is 20.3 Å². The highest BCUT2D eigenvalue weighted by molar-refractivity contribution is 5.76. The summed E-state index contributed by atoms with van der Waals surface area (Å²) in [5.41, 5.74) is 1.52. The van der Waals surface area contributed by atoms with Gasteiger partial charge in [-0.3, -0.25) is 4.79 Å². The minimum atomic E-state index is -0.282. The van der Waals surface area contributed by atoms with Crippen LogP contribution in [0, 0.1) is 5.82 Å². The molecule has 0 saturated heterocycles. The molecule has 0 unspecified atom stereocenters. The molecule has 3 aromatic rings. The van der Waals surface area contributed by atoms with Gasteiger partial charge in [-0.15, -0.1) is 0 Å². The van der Waals surface area contributed by atoms with Gasteiger partial charge in [0, 0.05) is 6.42 Å². The Balaban J connectivity index is 1.65. The van der Waals surface area contributed by atoms with Gasteiger partial charge in [0.2, 0.25) is 5.91 Å². The zero-order valence-electron chi connectivity index (χ0n) is 13.7. The van der Waals surface area contributed by atoms with E-state index in [4.69, 9.17) is 0 Å². The van der Waals surface area contributed by atoms with Crippen LogP contribution in [0.1, 0.15) is 23.6 Å². The lowest BCUT2D eigenvalue weighted by Crippen LogP contribution is -2.32. The van der Waals surface area contributed by atoms with E-state index in [1.54, 1.807) is 30.6 Å². The van der Waals surface area contributed by atoms with Crippen LogP contribution in [0.2, 0.25) is 0 Å². The fourth-order valence-corrected chi connectivity index (χ4v) is 2.64. The number of amides is 1. The molecule has 0 fully saturated rings. The second-order valence-corrected chi connectivity index (χ2v) is 5.71. The van der Waals surface area contributed by atoms with Gasteiger partial charge < -0.3 is 5.32 Å². The molecule has 5 nitrogen and oxygen atoms in total. The average Bonchev–Trinajstić information content (AvgIpc) is 3.14. The van der Waals surface area contributed by atoms with Crippen LogP contribution >= 0.6 is 0 Å². The zero-order valence-corrected chi connectivity index (χ0v) is 13.7. The Hall–Kier alpha value is -3.02. The van der Waals surface area contributed by atoms with Crippen LogP contribution in [0.5, 0.6) is 0 Å². The van der Waals surface area contributed by atoms with E-state index in [-0.39, 0.29) is 24.2 Å². The van der Waals surface area contributed by atoms with Crippen LogP contribution in [0.4, 0.5) is 4.39 Å². The number of aromatic nitrogens is 3. The van der Waals surface area contributed by atoms with Crippen molar-refractivity contribution in [2.45, 2.75) is 25.4 Å². The number of nitrogens with zero attached hydrogens (tertiary/aromatic N) is 3. The number of hydrogen-bond donors (Lipinski definition) is 1. The molecule has 0 aliphatic rings. The summed E-state index contributed by atoms with van der Waals surface area (Å²) in [6, 6.07) is 15.9. The highest BCUT2D eigenvalue weighted by Crippen LogP contribution is 2.15. The molecule has 1 N–H and O–H groups in total. The summed E-state index contributed by atoms with van der Waals surface area (Å²) in [4.78, 5) is 13.9. The largest absolute Gasteiger partial charge is 0.347 e. The molecule has 1 atom stereocenters. The van der Waals surface area contributed by atoms with Crippen LogP contribution < -0.4 is 5.32 Å². The Labute approximate surface area is 145 Å². The first-order chi connectivity index (χ1) is 12.2. The smallest absolute Gasteiger partial charge is 0.220 e. The summed E-state index contributed by atoms with van der Waals surface area (Å²) in [7, 11) is 0. The van der Waals surface area contributed by atoms with Gasteiger partial charge in [-0.1, -0.05) is 48.5 Å². The average molecular weight is 338 g/mol. The van der Waals surface area contributed by atoms with Gasteiger partial charge in [-0.05, 0) is 23.6 Å². The SMILES string of the molecule is O=C(CCc1ccccc1F)N[C@@H](Cn1nccn1)c1ccccc1. The molecule has 1 aromatic heterocycles. The molecule has 0 saturated carbocycles. The molecule has 128 valence electrons. The van der Waals surface area contributed by atoms with Crippen LogP contribution in [0.15, 0.2) is 67.0 Å². The number of halogens is 1. The van der Waals surface area contributed by atoms with E-state index in [1.165, 1.54) is 10.9 Å². The Kier molecular flexibility index (Phi) is 5.51. The number of rotatable bonds is 7. The molecule has 2 aromatic carbocycles. The summed E-state index contributed by atoms with van der Waals surface area (Å²) < 4.78 is 13.7. The molecular formula is C19H19FN4O. The van der Waals surface area contributed by atoms with Gasteiger partial charge in [0.1, 0.15) is 5.82 Å². The highest BCUT2D eigenvalue weighted by atomic mass is 19.1. The van der Waals surface area contributed by atoms with Crippen molar-refractivity contribution in [2.24, 2.45) is 0 Å². The summed E-state index contributed by atoms with van der Waals surface area (Å²) in [5.74, 6) is -0.417. The van der Waals surface area contributed by atoms with Gasteiger partial charge in [0.25, 0.3) is 0 Å². The second-order valence-electron chi connectivity index (χ2n) is 5.71. The molecule has 25 heavy (non-hydrogen) atoms. The molecule has 3 rings (SSSR count). The lowest BCUT2D eigenvalue weighted by molar-refractivity contribution is -0.121. The van der Waals surface area contributed by atoms with Crippen molar-refractivity contribution < 1.29 is 9.18 Å². The van der Waals surface area contributed by atoms with E-state index in [1.807, 2.05) is 30.3 Å².